The van der Waals surface area contributed by atoms with Crippen LogP contribution in [-0.4, -0.2) is 16.3 Å². The molecule has 1 aromatic carbocycles. The highest BCUT2D eigenvalue weighted by molar-refractivity contribution is 5.80. The molecule has 1 amide bonds. The summed E-state index contributed by atoms with van der Waals surface area (Å²) in [5.74, 6) is 0.0600. The van der Waals surface area contributed by atoms with Crippen molar-refractivity contribution in [2.24, 2.45) is 0 Å². The minimum absolute atomic E-state index is 0.0600. The standard InChI is InChI=1S/C16H18N2O/c1-11-14-7-5-4-6-13(14)10-18(11)16(3)9-8-15(19)17-12(16)2/h4-7H,1-2,8-10H2,3H3,(H,17,19). The lowest BCUT2D eigenvalue weighted by atomic mass is 9.86. The molecule has 3 heteroatoms. The molecular weight excluding hydrogens is 236 g/mol. The molecule has 3 rings (SSSR count). The van der Waals surface area contributed by atoms with E-state index in [1.807, 2.05) is 6.07 Å². The van der Waals surface area contributed by atoms with Crippen LogP contribution in [0, 0.1) is 0 Å². The van der Waals surface area contributed by atoms with Gasteiger partial charge in [-0.05, 0) is 18.9 Å². The monoisotopic (exact) mass is 254 g/mol. The van der Waals surface area contributed by atoms with E-state index in [4.69, 9.17) is 0 Å². The number of carbonyl (C=O) groups excluding carboxylic acids is 1. The van der Waals surface area contributed by atoms with Crippen molar-refractivity contribution in [3.8, 4) is 0 Å². The first-order valence-electron chi connectivity index (χ1n) is 6.56. The highest BCUT2D eigenvalue weighted by atomic mass is 16.1. The molecule has 0 radical (unpaired) electrons. The van der Waals surface area contributed by atoms with Crippen LogP contribution < -0.4 is 5.32 Å². The van der Waals surface area contributed by atoms with Gasteiger partial charge in [-0.25, -0.2) is 0 Å². The third-order valence-corrected chi connectivity index (χ3v) is 4.36. The van der Waals surface area contributed by atoms with Gasteiger partial charge in [-0.15, -0.1) is 0 Å². The summed E-state index contributed by atoms with van der Waals surface area (Å²) < 4.78 is 0. The van der Waals surface area contributed by atoms with Gasteiger partial charge in [0.25, 0.3) is 0 Å². The van der Waals surface area contributed by atoms with Crippen LogP contribution in [-0.2, 0) is 11.3 Å². The summed E-state index contributed by atoms with van der Waals surface area (Å²) in [6.45, 7) is 11.2. The molecule has 3 nitrogen and oxygen atoms in total. The summed E-state index contributed by atoms with van der Waals surface area (Å²) in [4.78, 5) is 13.7. The summed E-state index contributed by atoms with van der Waals surface area (Å²) in [7, 11) is 0. The maximum Gasteiger partial charge on any atom is 0.224 e. The maximum absolute atomic E-state index is 11.5. The summed E-state index contributed by atoms with van der Waals surface area (Å²) in [6.07, 6.45) is 1.32. The van der Waals surface area contributed by atoms with Gasteiger partial charge in [-0.3, -0.25) is 4.79 Å². The van der Waals surface area contributed by atoms with Crippen molar-refractivity contribution in [1.82, 2.24) is 10.2 Å². The largest absolute Gasteiger partial charge is 0.356 e. The maximum atomic E-state index is 11.5. The number of carbonyl (C=O) groups is 1. The third kappa shape index (κ3) is 1.69. The molecule has 0 spiro atoms. The second-order valence-electron chi connectivity index (χ2n) is 5.49. The number of piperidine rings is 1. The Morgan fingerprint density at radius 1 is 1.32 bits per heavy atom. The number of nitrogens with one attached hydrogen (secondary N) is 1. The Hall–Kier alpha value is -2.03. The van der Waals surface area contributed by atoms with Gasteiger partial charge < -0.3 is 10.2 Å². The molecule has 0 saturated carbocycles. The normalized spacial score (nSPS) is 26.4. The molecule has 0 aromatic heterocycles. The number of nitrogens with zero attached hydrogens (tertiary/aromatic N) is 1. The summed E-state index contributed by atoms with van der Waals surface area (Å²) in [5.41, 5.74) is 4.05. The second kappa shape index (κ2) is 3.98. The van der Waals surface area contributed by atoms with Gasteiger partial charge >= 0.3 is 0 Å². The van der Waals surface area contributed by atoms with Gasteiger partial charge in [0, 0.05) is 29.9 Å². The van der Waals surface area contributed by atoms with Gasteiger partial charge in [0.05, 0.1) is 5.54 Å². The second-order valence-corrected chi connectivity index (χ2v) is 5.49. The van der Waals surface area contributed by atoms with E-state index in [0.717, 1.165) is 24.4 Å². The van der Waals surface area contributed by atoms with Crippen molar-refractivity contribution in [3.63, 3.8) is 0 Å². The molecule has 0 bridgehead atoms. The van der Waals surface area contributed by atoms with Gasteiger partial charge in [-0.1, -0.05) is 37.4 Å². The molecule has 0 aliphatic carbocycles. The van der Waals surface area contributed by atoms with Crippen molar-refractivity contribution in [2.45, 2.75) is 31.8 Å². The highest BCUT2D eigenvalue weighted by Gasteiger charge is 2.42. The van der Waals surface area contributed by atoms with Crippen LogP contribution in [0.25, 0.3) is 5.70 Å². The number of rotatable bonds is 1. The Morgan fingerprint density at radius 3 is 2.74 bits per heavy atom. The molecule has 1 fully saturated rings. The Balaban J connectivity index is 1.95. The van der Waals surface area contributed by atoms with E-state index in [1.54, 1.807) is 0 Å². The third-order valence-electron chi connectivity index (χ3n) is 4.36. The van der Waals surface area contributed by atoms with Crippen molar-refractivity contribution >= 4 is 11.6 Å². The Morgan fingerprint density at radius 2 is 2.05 bits per heavy atom. The quantitative estimate of drug-likeness (QED) is 0.835. The van der Waals surface area contributed by atoms with Gasteiger partial charge in [0.15, 0.2) is 0 Å². The van der Waals surface area contributed by atoms with Crippen LogP contribution in [0.2, 0.25) is 0 Å². The Bertz CT molecular complexity index is 590. The fourth-order valence-electron chi connectivity index (χ4n) is 2.99. The van der Waals surface area contributed by atoms with Crippen molar-refractivity contribution in [2.75, 3.05) is 0 Å². The van der Waals surface area contributed by atoms with Crippen LogP contribution in [0.5, 0.6) is 0 Å². The molecule has 1 unspecified atom stereocenters. The smallest absolute Gasteiger partial charge is 0.224 e. The first-order valence-corrected chi connectivity index (χ1v) is 6.56. The number of amides is 1. The lowest BCUT2D eigenvalue weighted by molar-refractivity contribution is -0.122. The fourth-order valence-corrected chi connectivity index (χ4v) is 2.99. The van der Waals surface area contributed by atoms with Gasteiger partial charge in [-0.2, -0.15) is 0 Å². The van der Waals surface area contributed by atoms with E-state index in [1.165, 1.54) is 11.1 Å². The summed E-state index contributed by atoms with van der Waals surface area (Å²) in [5, 5.41) is 2.88. The van der Waals surface area contributed by atoms with E-state index in [0.29, 0.717) is 6.42 Å². The van der Waals surface area contributed by atoms with Gasteiger partial charge in [0.2, 0.25) is 5.91 Å². The molecule has 2 aliphatic rings. The first kappa shape index (κ1) is 12.0. The SMILES string of the molecule is C=C1c2ccccc2CN1C1(C)CCC(=O)NC1=C. The molecule has 1 atom stereocenters. The van der Waals surface area contributed by atoms with Crippen LogP contribution in [0.4, 0.5) is 0 Å². The average Bonchev–Trinajstić information content (AvgIpc) is 2.73. The zero-order chi connectivity index (χ0) is 13.6. The highest BCUT2D eigenvalue weighted by Crippen LogP contribution is 2.42. The zero-order valence-corrected chi connectivity index (χ0v) is 11.2. The number of hydrogen-bond donors (Lipinski definition) is 1. The van der Waals surface area contributed by atoms with Crippen molar-refractivity contribution in [3.05, 3.63) is 54.2 Å². The van der Waals surface area contributed by atoms with E-state index in [-0.39, 0.29) is 11.4 Å². The van der Waals surface area contributed by atoms with Crippen molar-refractivity contribution < 1.29 is 4.79 Å². The molecular formula is C16H18N2O. The Labute approximate surface area is 113 Å². The molecule has 98 valence electrons. The zero-order valence-electron chi connectivity index (χ0n) is 11.2. The first-order chi connectivity index (χ1) is 9.02. The van der Waals surface area contributed by atoms with E-state index in [2.05, 4.69) is 48.5 Å². The predicted molar refractivity (Wildman–Crippen MR) is 75.9 cm³/mol. The summed E-state index contributed by atoms with van der Waals surface area (Å²) in [6, 6.07) is 8.32. The van der Waals surface area contributed by atoms with Crippen molar-refractivity contribution in [1.29, 1.82) is 0 Å². The van der Waals surface area contributed by atoms with Crippen LogP contribution in [0.3, 0.4) is 0 Å². The Kier molecular flexibility index (Phi) is 2.52. The lowest BCUT2D eigenvalue weighted by Crippen LogP contribution is -2.52. The predicted octanol–water partition coefficient (Wildman–Crippen LogP) is 2.66. The topological polar surface area (TPSA) is 32.3 Å². The minimum atomic E-state index is -0.246. The van der Waals surface area contributed by atoms with Crippen LogP contribution >= 0.6 is 0 Å². The molecule has 19 heavy (non-hydrogen) atoms. The molecule has 2 aliphatic heterocycles. The average molecular weight is 254 g/mol. The van der Waals surface area contributed by atoms with E-state index < -0.39 is 0 Å². The molecule has 2 heterocycles. The molecule has 1 saturated heterocycles. The minimum Gasteiger partial charge on any atom is -0.356 e. The van der Waals surface area contributed by atoms with Crippen LogP contribution in [0.15, 0.2) is 43.1 Å². The molecule has 1 N–H and O–H groups in total. The van der Waals surface area contributed by atoms with E-state index in [9.17, 15) is 4.79 Å². The van der Waals surface area contributed by atoms with Crippen LogP contribution in [0.1, 0.15) is 30.9 Å². The lowest BCUT2D eigenvalue weighted by Gasteiger charge is -2.44. The fraction of sp³-hybridized carbons (Fsp3) is 0.312. The number of hydrogen-bond acceptors (Lipinski definition) is 2. The van der Waals surface area contributed by atoms with E-state index >= 15 is 0 Å². The molecule has 1 aromatic rings. The summed E-state index contributed by atoms with van der Waals surface area (Å²) >= 11 is 0. The number of fused-ring (bicyclic) bond motifs is 1. The number of benzene rings is 1. The van der Waals surface area contributed by atoms with Gasteiger partial charge in [0.1, 0.15) is 0 Å².